The molecule has 0 bridgehead atoms. The molecule has 0 saturated heterocycles. The van der Waals surface area contributed by atoms with Gasteiger partial charge in [-0.25, -0.2) is 13.1 Å². The number of allylic oxidation sites excluding steroid dienone is 1. The van der Waals surface area contributed by atoms with Crippen molar-refractivity contribution in [1.82, 2.24) is 4.72 Å². The standard InChI is InChI=1S/C20H22N2O3S/c1-14(2)19-17-13-16(10-11-18(17)22-20(19)23)26(24,25)21-12-6-9-15-7-4-3-5-8-15/h3-5,7-8,10-11,13,21H,6,9,12H2,1-2H3,(H,22,23). The first-order chi connectivity index (χ1) is 12.4. The van der Waals surface area contributed by atoms with Crippen molar-refractivity contribution in [2.45, 2.75) is 31.6 Å². The SMILES string of the molecule is CC(C)=C1C(=O)Nc2ccc(S(=O)(=O)NCCCc3ccccc3)cc21. The molecule has 1 amide bonds. The zero-order chi connectivity index (χ0) is 18.7. The van der Waals surface area contributed by atoms with Crippen LogP contribution in [0, 0.1) is 0 Å². The first-order valence-corrected chi connectivity index (χ1v) is 10.0. The Bertz CT molecular complexity index is 960. The molecule has 3 rings (SSSR count). The van der Waals surface area contributed by atoms with E-state index in [1.807, 2.05) is 44.2 Å². The Labute approximate surface area is 154 Å². The number of rotatable bonds is 6. The summed E-state index contributed by atoms with van der Waals surface area (Å²) in [5, 5.41) is 2.77. The van der Waals surface area contributed by atoms with Crippen molar-refractivity contribution in [3.05, 3.63) is 65.2 Å². The zero-order valence-corrected chi connectivity index (χ0v) is 15.7. The van der Waals surface area contributed by atoms with Gasteiger partial charge in [-0.3, -0.25) is 4.79 Å². The third-order valence-corrected chi connectivity index (χ3v) is 5.78. The molecule has 0 saturated carbocycles. The zero-order valence-electron chi connectivity index (χ0n) is 14.9. The number of hydrogen-bond donors (Lipinski definition) is 2. The van der Waals surface area contributed by atoms with Gasteiger partial charge in [0.25, 0.3) is 5.91 Å². The summed E-state index contributed by atoms with van der Waals surface area (Å²) >= 11 is 0. The summed E-state index contributed by atoms with van der Waals surface area (Å²) in [7, 11) is -3.61. The maximum Gasteiger partial charge on any atom is 0.256 e. The molecule has 0 unspecified atom stereocenters. The van der Waals surface area contributed by atoms with Crippen molar-refractivity contribution < 1.29 is 13.2 Å². The average Bonchev–Trinajstić information content (AvgIpc) is 2.94. The minimum Gasteiger partial charge on any atom is -0.321 e. The highest BCUT2D eigenvalue weighted by Gasteiger charge is 2.27. The number of sulfonamides is 1. The molecule has 1 heterocycles. The number of amides is 1. The first kappa shape index (κ1) is 18.4. The number of aryl methyl sites for hydroxylation is 1. The number of anilines is 1. The van der Waals surface area contributed by atoms with Crippen molar-refractivity contribution in [1.29, 1.82) is 0 Å². The first-order valence-electron chi connectivity index (χ1n) is 8.55. The molecule has 2 aromatic carbocycles. The van der Waals surface area contributed by atoms with Crippen molar-refractivity contribution in [3.63, 3.8) is 0 Å². The number of carbonyl (C=O) groups excluding carboxylic acids is 1. The summed E-state index contributed by atoms with van der Waals surface area (Å²) in [5.74, 6) is -0.189. The lowest BCUT2D eigenvalue weighted by atomic mass is 10.0. The van der Waals surface area contributed by atoms with Crippen LogP contribution in [0.4, 0.5) is 5.69 Å². The molecule has 2 N–H and O–H groups in total. The largest absolute Gasteiger partial charge is 0.321 e. The van der Waals surface area contributed by atoms with E-state index in [9.17, 15) is 13.2 Å². The highest BCUT2D eigenvalue weighted by Crippen LogP contribution is 2.35. The summed E-state index contributed by atoms with van der Waals surface area (Å²) in [5.41, 5.74) is 3.87. The van der Waals surface area contributed by atoms with E-state index in [4.69, 9.17) is 0 Å². The molecule has 0 aliphatic carbocycles. The van der Waals surface area contributed by atoms with Gasteiger partial charge in [-0.15, -0.1) is 0 Å². The minimum atomic E-state index is -3.61. The summed E-state index contributed by atoms with van der Waals surface area (Å²) < 4.78 is 27.8. The molecular weight excluding hydrogens is 348 g/mol. The van der Waals surface area contributed by atoms with E-state index in [-0.39, 0.29) is 10.8 Å². The molecule has 26 heavy (non-hydrogen) atoms. The Morgan fingerprint density at radius 2 is 1.81 bits per heavy atom. The number of hydrogen-bond acceptors (Lipinski definition) is 3. The molecule has 136 valence electrons. The van der Waals surface area contributed by atoms with Gasteiger partial charge in [-0.2, -0.15) is 0 Å². The molecule has 0 atom stereocenters. The predicted octanol–water partition coefficient (Wildman–Crippen LogP) is 3.34. The van der Waals surface area contributed by atoms with Crippen LogP contribution in [0.2, 0.25) is 0 Å². The van der Waals surface area contributed by atoms with Crippen molar-refractivity contribution in [2.24, 2.45) is 0 Å². The van der Waals surface area contributed by atoms with E-state index in [1.54, 1.807) is 12.1 Å². The number of carbonyl (C=O) groups is 1. The maximum absolute atomic E-state index is 12.6. The molecule has 0 spiro atoms. The molecule has 0 radical (unpaired) electrons. The summed E-state index contributed by atoms with van der Waals surface area (Å²) in [4.78, 5) is 12.2. The van der Waals surface area contributed by atoms with Crippen LogP contribution in [0.3, 0.4) is 0 Å². The number of nitrogens with one attached hydrogen (secondary N) is 2. The molecular formula is C20H22N2O3S. The van der Waals surface area contributed by atoms with E-state index < -0.39 is 10.0 Å². The summed E-state index contributed by atoms with van der Waals surface area (Å²) in [6.45, 7) is 4.04. The molecule has 5 nitrogen and oxygen atoms in total. The predicted molar refractivity (Wildman–Crippen MR) is 103 cm³/mol. The smallest absolute Gasteiger partial charge is 0.256 e. The van der Waals surface area contributed by atoms with Gasteiger partial charge in [0.05, 0.1) is 4.90 Å². The fourth-order valence-corrected chi connectivity index (χ4v) is 4.14. The van der Waals surface area contributed by atoms with Gasteiger partial charge in [-0.1, -0.05) is 35.9 Å². The van der Waals surface area contributed by atoms with Crippen LogP contribution in [0.5, 0.6) is 0 Å². The van der Waals surface area contributed by atoms with Crippen LogP contribution in [0.15, 0.2) is 59.0 Å². The lowest BCUT2D eigenvalue weighted by Crippen LogP contribution is -2.25. The van der Waals surface area contributed by atoms with E-state index >= 15 is 0 Å². The lowest BCUT2D eigenvalue weighted by molar-refractivity contribution is -0.110. The Morgan fingerprint density at radius 1 is 1.08 bits per heavy atom. The topological polar surface area (TPSA) is 75.3 Å². The molecule has 2 aromatic rings. The van der Waals surface area contributed by atoms with Crippen molar-refractivity contribution in [3.8, 4) is 0 Å². The highest BCUT2D eigenvalue weighted by atomic mass is 32.2. The van der Waals surface area contributed by atoms with Gasteiger partial charge >= 0.3 is 0 Å². The van der Waals surface area contributed by atoms with Crippen LogP contribution in [0.1, 0.15) is 31.4 Å². The molecule has 1 aliphatic heterocycles. The molecule has 1 aliphatic rings. The van der Waals surface area contributed by atoms with Crippen LogP contribution in [-0.2, 0) is 21.2 Å². The molecule has 6 heteroatoms. The van der Waals surface area contributed by atoms with Gasteiger partial charge in [0.15, 0.2) is 0 Å². The van der Waals surface area contributed by atoms with E-state index in [1.165, 1.54) is 11.6 Å². The van der Waals surface area contributed by atoms with Gasteiger partial charge in [0, 0.05) is 23.4 Å². The summed E-state index contributed by atoms with van der Waals surface area (Å²) in [6.07, 6.45) is 1.53. The normalized spacial score (nSPS) is 13.5. The second kappa shape index (κ2) is 7.43. The Morgan fingerprint density at radius 3 is 2.50 bits per heavy atom. The van der Waals surface area contributed by atoms with Gasteiger partial charge in [0.1, 0.15) is 0 Å². The Balaban J connectivity index is 1.71. The van der Waals surface area contributed by atoms with Crippen molar-refractivity contribution >= 4 is 27.2 Å². The van der Waals surface area contributed by atoms with Crippen LogP contribution >= 0.6 is 0 Å². The second-order valence-corrected chi connectivity index (χ2v) is 8.29. The number of benzene rings is 2. The second-order valence-electron chi connectivity index (χ2n) is 6.52. The Kier molecular flexibility index (Phi) is 5.25. The molecule has 0 fully saturated rings. The van der Waals surface area contributed by atoms with Crippen LogP contribution < -0.4 is 10.0 Å². The minimum absolute atomic E-state index is 0.172. The Hall–Kier alpha value is -2.44. The van der Waals surface area contributed by atoms with Gasteiger partial charge < -0.3 is 5.32 Å². The molecule has 0 aromatic heterocycles. The monoisotopic (exact) mass is 370 g/mol. The summed E-state index contributed by atoms with van der Waals surface area (Å²) in [6, 6.07) is 14.7. The highest BCUT2D eigenvalue weighted by molar-refractivity contribution is 7.89. The average molecular weight is 370 g/mol. The fraction of sp³-hybridized carbons (Fsp3) is 0.250. The third-order valence-electron chi connectivity index (χ3n) is 4.32. The van der Waals surface area contributed by atoms with E-state index in [2.05, 4.69) is 10.0 Å². The van der Waals surface area contributed by atoms with Crippen LogP contribution in [0.25, 0.3) is 5.57 Å². The third kappa shape index (κ3) is 3.86. The van der Waals surface area contributed by atoms with Gasteiger partial charge in [-0.05, 0) is 50.5 Å². The van der Waals surface area contributed by atoms with Crippen LogP contribution in [-0.4, -0.2) is 20.9 Å². The quantitative estimate of drug-likeness (QED) is 0.605. The number of fused-ring (bicyclic) bond motifs is 1. The fourth-order valence-electron chi connectivity index (χ4n) is 3.04. The van der Waals surface area contributed by atoms with Gasteiger partial charge in [0.2, 0.25) is 10.0 Å². The van der Waals surface area contributed by atoms with E-state index in [0.717, 1.165) is 12.0 Å². The van der Waals surface area contributed by atoms with Crippen molar-refractivity contribution in [2.75, 3.05) is 11.9 Å². The maximum atomic E-state index is 12.6. The van der Waals surface area contributed by atoms with E-state index in [0.29, 0.717) is 29.8 Å². The lowest BCUT2D eigenvalue weighted by Gasteiger charge is -2.09.